The molecule has 0 radical (unpaired) electrons. The Morgan fingerprint density at radius 3 is 2.76 bits per heavy atom. The Bertz CT molecular complexity index is 576. The minimum Gasteiger partial charge on any atom is -0.464 e. The summed E-state index contributed by atoms with van der Waals surface area (Å²) in [6, 6.07) is 4.38. The van der Waals surface area contributed by atoms with Gasteiger partial charge in [0.25, 0.3) is 0 Å². The predicted octanol–water partition coefficient (Wildman–Crippen LogP) is 4.05. The molecule has 0 bridgehead atoms. The molecule has 0 fully saturated rings. The Kier molecular flexibility index (Phi) is 5.42. The lowest BCUT2D eigenvalue weighted by Gasteiger charge is -2.14. The second-order valence-corrected chi connectivity index (χ2v) is 6.50. The van der Waals surface area contributed by atoms with E-state index in [0.717, 1.165) is 41.9 Å². The highest BCUT2D eigenvalue weighted by Crippen LogP contribution is 2.30. The number of aryl methyl sites for hydroxylation is 2. The van der Waals surface area contributed by atoms with E-state index >= 15 is 0 Å². The summed E-state index contributed by atoms with van der Waals surface area (Å²) in [5.41, 5.74) is 1.12. The van der Waals surface area contributed by atoms with E-state index in [9.17, 15) is 0 Å². The number of aromatic nitrogens is 1. The minimum atomic E-state index is 0.357. The van der Waals surface area contributed by atoms with Crippen LogP contribution in [0.25, 0.3) is 0 Å². The van der Waals surface area contributed by atoms with Gasteiger partial charge in [0.15, 0.2) is 5.13 Å². The Labute approximate surface area is 131 Å². The third kappa shape index (κ3) is 4.08. The average molecular weight is 307 g/mol. The number of hydrogen-bond donors (Lipinski definition) is 1. The molecule has 0 aliphatic carbocycles. The highest BCUT2D eigenvalue weighted by molar-refractivity contribution is 7.15. The van der Waals surface area contributed by atoms with Gasteiger partial charge in [0, 0.05) is 18.0 Å². The fourth-order valence-electron chi connectivity index (χ4n) is 2.28. The first-order valence-corrected chi connectivity index (χ1v) is 8.30. The van der Waals surface area contributed by atoms with Crippen LogP contribution in [0.4, 0.5) is 5.13 Å². The van der Waals surface area contributed by atoms with Crippen LogP contribution < -0.4 is 10.2 Å². The predicted molar refractivity (Wildman–Crippen MR) is 89.1 cm³/mol. The van der Waals surface area contributed by atoms with Crippen LogP contribution in [0.5, 0.6) is 0 Å². The number of rotatable bonds is 7. The van der Waals surface area contributed by atoms with Crippen LogP contribution in [0.2, 0.25) is 0 Å². The van der Waals surface area contributed by atoms with E-state index in [-0.39, 0.29) is 0 Å². The molecule has 0 aliphatic rings. The number of anilines is 1. The zero-order chi connectivity index (χ0) is 15.4. The third-order valence-corrected chi connectivity index (χ3v) is 4.88. The van der Waals surface area contributed by atoms with E-state index in [1.165, 1.54) is 4.88 Å². The van der Waals surface area contributed by atoms with E-state index in [1.54, 1.807) is 11.3 Å². The van der Waals surface area contributed by atoms with Gasteiger partial charge in [0.05, 0.1) is 12.2 Å². The topological polar surface area (TPSA) is 41.3 Å². The van der Waals surface area contributed by atoms with Crippen molar-refractivity contribution in [1.82, 2.24) is 10.3 Å². The first-order valence-electron chi connectivity index (χ1n) is 7.48. The second kappa shape index (κ2) is 7.09. The maximum atomic E-state index is 5.64. The first kappa shape index (κ1) is 16.0. The van der Waals surface area contributed by atoms with E-state index < -0.39 is 0 Å². The molecule has 21 heavy (non-hydrogen) atoms. The zero-order valence-corrected chi connectivity index (χ0v) is 14.4. The normalized spacial score (nSPS) is 12.6. The van der Waals surface area contributed by atoms with Crippen molar-refractivity contribution in [2.75, 3.05) is 18.5 Å². The van der Waals surface area contributed by atoms with Crippen LogP contribution in [0.3, 0.4) is 0 Å². The summed E-state index contributed by atoms with van der Waals surface area (Å²) in [4.78, 5) is 8.17. The number of nitrogens with zero attached hydrogens (tertiary/aromatic N) is 2. The SMILES string of the molecule is CCCNC(C)c1sc(N(C)Cc2ccc(C)o2)nc1C. The molecule has 0 saturated heterocycles. The van der Waals surface area contributed by atoms with Gasteiger partial charge in [0.1, 0.15) is 11.5 Å². The van der Waals surface area contributed by atoms with E-state index in [1.807, 2.05) is 19.1 Å². The van der Waals surface area contributed by atoms with Gasteiger partial charge in [-0.25, -0.2) is 4.98 Å². The average Bonchev–Trinajstić information content (AvgIpc) is 3.02. The molecule has 5 heteroatoms. The van der Waals surface area contributed by atoms with E-state index in [4.69, 9.17) is 9.40 Å². The van der Waals surface area contributed by atoms with Crippen LogP contribution in [-0.4, -0.2) is 18.6 Å². The van der Waals surface area contributed by atoms with Gasteiger partial charge in [-0.2, -0.15) is 0 Å². The Morgan fingerprint density at radius 2 is 2.14 bits per heavy atom. The van der Waals surface area contributed by atoms with E-state index in [2.05, 4.69) is 38.0 Å². The van der Waals surface area contributed by atoms with Crippen molar-refractivity contribution in [1.29, 1.82) is 0 Å². The highest BCUT2D eigenvalue weighted by atomic mass is 32.1. The van der Waals surface area contributed by atoms with Crippen molar-refractivity contribution in [3.63, 3.8) is 0 Å². The number of thiazole rings is 1. The van der Waals surface area contributed by atoms with Gasteiger partial charge in [-0.05, 0) is 45.9 Å². The number of hydrogen-bond acceptors (Lipinski definition) is 5. The summed E-state index contributed by atoms with van der Waals surface area (Å²) in [7, 11) is 2.06. The summed E-state index contributed by atoms with van der Waals surface area (Å²) >= 11 is 1.76. The number of nitrogens with one attached hydrogen (secondary N) is 1. The summed E-state index contributed by atoms with van der Waals surface area (Å²) < 4.78 is 5.64. The van der Waals surface area contributed by atoms with Gasteiger partial charge < -0.3 is 14.6 Å². The third-order valence-electron chi connectivity index (χ3n) is 3.43. The molecule has 2 aromatic rings. The van der Waals surface area contributed by atoms with Crippen LogP contribution in [0, 0.1) is 13.8 Å². The first-order chi connectivity index (χ1) is 10.0. The van der Waals surface area contributed by atoms with Crippen molar-refractivity contribution in [2.24, 2.45) is 0 Å². The molecule has 2 rings (SSSR count). The van der Waals surface area contributed by atoms with Crippen LogP contribution >= 0.6 is 11.3 Å². The smallest absolute Gasteiger partial charge is 0.185 e. The lowest BCUT2D eigenvalue weighted by atomic mass is 10.2. The summed E-state index contributed by atoms with van der Waals surface area (Å²) in [5.74, 6) is 1.92. The summed E-state index contributed by atoms with van der Waals surface area (Å²) in [6.45, 7) is 10.2. The molecular formula is C16H25N3OS. The zero-order valence-electron chi connectivity index (χ0n) is 13.6. The van der Waals surface area contributed by atoms with Crippen molar-refractivity contribution < 1.29 is 4.42 Å². The molecule has 1 atom stereocenters. The molecule has 116 valence electrons. The quantitative estimate of drug-likeness (QED) is 0.838. The molecular weight excluding hydrogens is 282 g/mol. The fourth-order valence-corrected chi connectivity index (χ4v) is 3.34. The van der Waals surface area contributed by atoms with Crippen LogP contribution in [0.15, 0.2) is 16.5 Å². The molecule has 0 aliphatic heterocycles. The van der Waals surface area contributed by atoms with Gasteiger partial charge >= 0.3 is 0 Å². The summed E-state index contributed by atoms with van der Waals surface area (Å²) in [5, 5.41) is 4.57. The standard InChI is InChI=1S/C16H25N3OS/c1-6-9-17-12(3)15-13(4)18-16(21-15)19(5)10-14-8-7-11(2)20-14/h7-8,12,17H,6,9-10H2,1-5H3. The maximum Gasteiger partial charge on any atom is 0.185 e. The molecule has 1 N–H and O–H groups in total. The van der Waals surface area contributed by atoms with Crippen molar-refractivity contribution >= 4 is 16.5 Å². The van der Waals surface area contributed by atoms with Gasteiger partial charge in [0.2, 0.25) is 0 Å². The van der Waals surface area contributed by atoms with Gasteiger partial charge in [-0.1, -0.05) is 6.92 Å². The molecule has 0 saturated carbocycles. The Balaban J connectivity index is 2.06. The molecule has 1 unspecified atom stereocenters. The minimum absolute atomic E-state index is 0.357. The monoisotopic (exact) mass is 307 g/mol. The summed E-state index contributed by atoms with van der Waals surface area (Å²) in [6.07, 6.45) is 1.15. The molecule has 0 spiro atoms. The molecule has 2 heterocycles. The fraction of sp³-hybridized carbons (Fsp3) is 0.562. The largest absolute Gasteiger partial charge is 0.464 e. The van der Waals surface area contributed by atoms with Gasteiger partial charge in [-0.15, -0.1) is 11.3 Å². The molecule has 4 nitrogen and oxygen atoms in total. The molecule has 0 aromatic carbocycles. The van der Waals surface area contributed by atoms with Crippen molar-refractivity contribution in [2.45, 2.75) is 46.7 Å². The lowest BCUT2D eigenvalue weighted by molar-refractivity contribution is 0.481. The molecule has 2 aromatic heterocycles. The van der Waals surface area contributed by atoms with Crippen molar-refractivity contribution in [3.8, 4) is 0 Å². The Hall–Kier alpha value is -1.33. The Morgan fingerprint density at radius 1 is 1.38 bits per heavy atom. The van der Waals surface area contributed by atoms with Gasteiger partial charge in [-0.3, -0.25) is 0 Å². The van der Waals surface area contributed by atoms with E-state index in [0.29, 0.717) is 6.04 Å². The maximum absolute atomic E-state index is 5.64. The van der Waals surface area contributed by atoms with Crippen molar-refractivity contribution in [3.05, 3.63) is 34.2 Å². The second-order valence-electron chi connectivity index (χ2n) is 5.49. The van der Waals surface area contributed by atoms with Crippen LogP contribution in [-0.2, 0) is 6.54 Å². The highest BCUT2D eigenvalue weighted by Gasteiger charge is 2.16. The number of furan rings is 1. The molecule has 0 amide bonds. The van der Waals surface area contributed by atoms with Crippen LogP contribution in [0.1, 0.15) is 48.4 Å². The lowest BCUT2D eigenvalue weighted by Crippen LogP contribution is -2.18.